The summed E-state index contributed by atoms with van der Waals surface area (Å²) in [6, 6.07) is 0. The van der Waals surface area contributed by atoms with E-state index in [-0.39, 0.29) is 23.5 Å². The lowest BCUT2D eigenvalue weighted by atomic mass is 9.81. The van der Waals surface area contributed by atoms with E-state index in [4.69, 9.17) is 0 Å². The second kappa shape index (κ2) is 6.01. The molecule has 0 aromatic heterocycles. The van der Waals surface area contributed by atoms with Crippen LogP contribution in [0.25, 0.3) is 0 Å². The molecule has 0 saturated carbocycles. The summed E-state index contributed by atoms with van der Waals surface area (Å²) in [5, 5.41) is 20.1. The monoisotopic (exact) mass is 240 g/mol. The van der Waals surface area contributed by atoms with E-state index in [2.05, 4.69) is 26.8 Å². The summed E-state index contributed by atoms with van der Waals surface area (Å²) < 4.78 is 0. The van der Waals surface area contributed by atoms with Crippen molar-refractivity contribution in [2.75, 3.05) is 0 Å². The Morgan fingerprint density at radius 3 is 2.59 bits per heavy atom. The van der Waals surface area contributed by atoms with Gasteiger partial charge in [-0.05, 0) is 50.4 Å². The van der Waals surface area contributed by atoms with Gasteiger partial charge in [-0.3, -0.25) is 0 Å². The molecular formula is C15H28O2. The van der Waals surface area contributed by atoms with Crippen molar-refractivity contribution in [3.05, 3.63) is 11.6 Å². The number of rotatable bonds is 0. The molecule has 100 valence electrons. The quantitative estimate of drug-likeness (QED) is 0.638. The minimum absolute atomic E-state index is 0.149. The molecule has 1 rings (SSSR count). The van der Waals surface area contributed by atoms with Crippen LogP contribution in [0.5, 0.6) is 0 Å². The Bertz CT molecular complexity index is 268. The molecule has 1 aliphatic carbocycles. The van der Waals surface area contributed by atoms with E-state index in [1.165, 1.54) is 5.57 Å². The molecular weight excluding hydrogens is 212 g/mol. The van der Waals surface area contributed by atoms with Gasteiger partial charge in [-0.1, -0.05) is 32.4 Å². The first-order valence-corrected chi connectivity index (χ1v) is 6.82. The van der Waals surface area contributed by atoms with Crippen LogP contribution in [0, 0.1) is 11.3 Å². The van der Waals surface area contributed by atoms with Gasteiger partial charge in [0.15, 0.2) is 0 Å². The fourth-order valence-electron chi connectivity index (χ4n) is 2.60. The molecule has 2 N–H and O–H groups in total. The minimum atomic E-state index is -0.290. The van der Waals surface area contributed by atoms with E-state index < -0.39 is 0 Å². The fourth-order valence-corrected chi connectivity index (χ4v) is 2.60. The number of allylic oxidation sites excluding steroid dienone is 2. The molecule has 2 heteroatoms. The van der Waals surface area contributed by atoms with Crippen LogP contribution in [0.2, 0.25) is 0 Å². The van der Waals surface area contributed by atoms with Crippen molar-refractivity contribution in [3.63, 3.8) is 0 Å². The predicted octanol–water partition coefficient (Wildman–Crippen LogP) is 3.28. The topological polar surface area (TPSA) is 40.5 Å². The van der Waals surface area contributed by atoms with Gasteiger partial charge >= 0.3 is 0 Å². The maximum Gasteiger partial charge on any atom is 0.0569 e. The van der Waals surface area contributed by atoms with Gasteiger partial charge in [-0.2, -0.15) is 0 Å². The first kappa shape index (κ1) is 14.7. The maximum atomic E-state index is 10.1. The lowest BCUT2D eigenvalue weighted by Gasteiger charge is -2.28. The molecule has 0 radical (unpaired) electrons. The zero-order valence-electron chi connectivity index (χ0n) is 11.7. The van der Waals surface area contributed by atoms with Crippen molar-refractivity contribution < 1.29 is 10.2 Å². The molecule has 0 heterocycles. The Balaban J connectivity index is 2.76. The van der Waals surface area contributed by atoms with E-state index >= 15 is 0 Å². The van der Waals surface area contributed by atoms with Crippen molar-refractivity contribution in [2.45, 2.75) is 72.0 Å². The summed E-state index contributed by atoms with van der Waals surface area (Å²) in [5.74, 6) is 0.187. The standard InChI is InChI=1S/C15H28O2/c1-11-5-6-14(17)12(2)9-13(16)10-15(3,4)8-7-11/h7,12-14,16-17H,5-6,8-10H2,1-4H3/b11-7+. The van der Waals surface area contributed by atoms with Crippen LogP contribution in [-0.2, 0) is 0 Å². The van der Waals surface area contributed by atoms with Gasteiger partial charge in [-0.15, -0.1) is 0 Å². The highest BCUT2D eigenvalue weighted by atomic mass is 16.3. The van der Waals surface area contributed by atoms with Gasteiger partial charge in [0.05, 0.1) is 12.2 Å². The van der Waals surface area contributed by atoms with Crippen molar-refractivity contribution in [1.29, 1.82) is 0 Å². The van der Waals surface area contributed by atoms with Crippen molar-refractivity contribution >= 4 is 0 Å². The largest absolute Gasteiger partial charge is 0.393 e. The summed E-state index contributed by atoms with van der Waals surface area (Å²) in [6.07, 6.45) is 6.03. The van der Waals surface area contributed by atoms with Gasteiger partial charge in [0.25, 0.3) is 0 Å². The smallest absolute Gasteiger partial charge is 0.0569 e. The Labute approximate surface area is 106 Å². The summed E-state index contributed by atoms with van der Waals surface area (Å²) in [6.45, 7) is 8.59. The predicted molar refractivity (Wildman–Crippen MR) is 71.8 cm³/mol. The van der Waals surface area contributed by atoms with Crippen molar-refractivity contribution in [1.82, 2.24) is 0 Å². The Kier molecular flexibility index (Phi) is 5.21. The molecule has 0 fully saturated rings. The van der Waals surface area contributed by atoms with E-state index in [1.807, 2.05) is 6.92 Å². The van der Waals surface area contributed by atoms with Gasteiger partial charge < -0.3 is 10.2 Å². The Morgan fingerprint density at radius 1 is 1.29 bits per heavy atom. The SMILES string of the molecule is C/C1=C\CC(C)(C)CC(O)CC(C)C(O)CC1. The van der Waals surface area contributed by atoms with Crippen LogP contribution in [0.15, 0.2) is 11.6 Å². The molecule has 0 aromatic carbocycles. The summed E-state index contributed by atoms with van der Waals surface area (Å²) in [7, 11) is 0. The summed E-state index contributed by atoms with van der Waals surface area (Å²) in [4.78, 5) is 0. The third kappa shape index (κ3) is 5.22. The van der Waals surface area contributed by atoms with Crippen LogP contribution in [0.3, 0.4) is 0 Å². The van der Waals surface area contributed by atoms with Crippen LogP contribution in [-0.4, -0.2) is 22.4 Å². The third-order valence-corrected chi connectivity index (χ3v) is 3.93. The molecule has 0 saturated heterocycles. The maximum absolute atomic E-state index is 10.1. The molecule has 0 bridgehead atoms. The highest BCUT2D eigenvalue weighted by Crippen LogP contribution is 2.32. The van der Waals surface area contributed by atoms with Crippen LogP contribution >= 0.6 is 0 Å². The van der Waals surface area contributed by atoms with E-state index in [1.54, 1.807) is 0 Å². The van der Waals surface area contributed by atoms with Crippen LogP contribution < -0.4 is 0 Å². The molecule has 0 aliphatic heterocycles. The molecule has 3 unspecified atom stereocenters. The Morgan fingerprint density at radius 2 is 1.94 bits per heavy atom. The average molecular weight is 240 g/mol. The fraction of sp³-hybridized carbons (Fsp3) is 0.867. The highest BCUT2D eigenvalue weighted by Gasteiger charge is 2.25. The van der Waals surface area contributed by atoms with Crippen molar-refractivity contribution in [3.8, 4) is 0 Å². The first-order chi connectivity index (χ1) is 7.80. The van der Waals surface area contributed by atoms with E-state index in [9.17, 15) is 10.2 Å². The van der Waals surface area contributed by atoms with Gasteiger partial charge in [-0.25, -0.2) is 0 Å². The van der Waals surface area contributed by atoms with Crippen molar-refractivity contribution in [2.24, 2.45) is 11.3 Å². The lowest BCUT2D eigenvalue weighted by molar-refractivity contribution is 0.0462. The molecule has 0 spiro atoms. The second-order valence-corrected chi connectivity index (χ2v) is 6.60. The second-order valence-electron chi connectivity index (χ2n) is 6.60. The summed E-state index contributed by atoms with van der Waals surface area (Å²) in [5.41, 5.74) is 1.51. The lowest BCUT2D eigenvalue weighted by Crippen LogP contribution is -2.26. The van der Waals surface area contributed by atoms with Gasteiger partial charge in [0.2, 0.25) is 0 Å². The average Bonchev–Trinajstić information content (AvgIpc) is 2.22. The number of aliphatic hydroxyl groups excluding tert-OH is 2. The molecule has 17 heavy (non-hydrogen) atoms. The zero-order chi connectivity index (χ0) is 13.1. The van der Waals surface area contributed by atoms with Gasteiger partial charge in [0.1, 0.15) is 0 Å². The number of hydrogen-bond acceptors (Lipinski definition) is 2. The zero-order valence-corrected chi connectivity index (χ0v) is 11.7. The number of aliphatic hydroxyl groups is 2. The minimum Gasteiger partial charge on any atom is -0.393 e. The highest BCUT2D eigenvalue weighted by molar-refractivity contribution is 5.01. The molecule has 0 amide bonds. The van der Waals surface area contributed by atoms with Gasteiger partial charge in [0, 0.05) is 0 Å². The first-order valence-electron chi connectivity index (χ1n) is 6.82. The van der Waals surface area contributed by atoms with Crippen LogP contribution in [0.4, 0.5) is 0 Å². The molecule has 2 nitrogen and oxygen atoms in total. The normalized spacial score (nSPS) is 38.9. The molecule has 1 aliphatic rings. The molecule has 0 aromatic rings. The number of hydrogen-bond donors (Lipinski definition) is 2. The third-order valence-electron chi connectivity index (χ3n) is 3.93. The molecule has 3 atom stereocenters. The van der Waals surface area contributed by atoms with E-state index in [0.29, 0.717) is 6.42 Å². The Hall–Kier alpha value is -0.340. The van der Waals surface area contributed by atoms with Crippen LogP contribution in [0.1, 0.15) is 59.8 Å². The van der Waals surface area contributed by atoms with E-state index in [0.717, 1.165) is 25.7 Å². The summed E-state index contributed by atoms with van der Waals surface area (Å²) >= 11 is 0.